The molecule has 1 amide bonds. The molecule has 1 aliphatic carbocycles. The lowest BCUT2D eigenvalue weighted by Gasteiger charge is -2.31. The number of piperidine rings is 1. The highest BCUT2D eigenvalue weighted by molar-refractivity contribution is 7.13. The van der Waals surface area contributed by atoms with Crippen molar-refractivity contribution in [1.82, 2.24) is 15.1 Å². The van der Waals surface area contributed by atoms with Crippen molar-refractivity contribution in [3.8, 4) is 10.8 Å². The number of hydrogen-bond acceptors (Lipinski definition) is 5. The van der Waals surface area contributed by atoms with Crippen LogP contribution in [0.2, 0.25) is 0 Å². The first-order valence-electron chi connectivity index (χ1n) is 8.94. The SMILES string of the molecule is O=C(CC1CCCC1)N1CCC[C@H](c2nnc(-c3cccs3)o2)C1. The summed E-state index contributed by atoms with van der Waals surface area (Å²) >= 11 is 1.60. The largest absolute Gasteiger partial charge is 0.420 e. The van der Waals surface area contributed by atoms with E-state index in [0.29, 0.717) is 23.6 Å². The van der Waals surface area contributed by atoms with Gasteiger partial charge in [-0.2, -0.15) is 0 Å². The van der Waals surface area contributed by atoms with Crippen LogP contribution in [0.4, 0.5) is 0 Å². The van der Waals surface area contributed by atoms with Gasteiger partial charge in [-0.3, -0.25) is 4.79 Å². The molecule has 0 radical (unpaired) electrons. The molecule has 2 aliphatic rings. The van der Waals surface area contributed by atoms with Crippen LogP contribution in [-0.2, 0) is 4.79 Å². The van der Waals surface area contributed by atoms with E-state index in [1.165, 1.54) is 25.7 Å². The van der Waals surface area contributed by atoms with E-state index in [1.807, 2.05) is 22.4 Å². The van der Waals surface area contributed by atoms with Crippen LogP contribution in [0, 0.1) is 5.92 Å². The highest BCUT2D eigenvalue weighted by Gasteiger charge is 2.30. The van der Waals surface area contributed by atoms with Gasteiger partial charge in [-0.25, -0.2) is 0 Å². The molecular formula is C18H23N3O2S. The van der Waals surface area contributed by atoms with Crippen molar-refractivity contribution >= 4 is 17.2 Å². The number of rotatable bonds is 4. The molecule has 4 rings (SSSR count). The van der Waals surface area contributed by atoms with Crippen LogP contribution < -0.4 is 0 Å². The molecule has 1 saturated heterocycles. The lowest BCUT2D eigenvalue weighted by molar-refractivity contribution is -0.133. The quantitative estimate of drug-likeness (QED) is 0.837. The first-order valence-corrected chi connectivity index (χ1v) is 9.82. The zero-order valence-corrected chi connectivity index (χ0v) is 14.6. The number of hydrogen-bond donors (Lipinski definition) is 0. The van der Waals surface area contributed by atoms with Crippen molar-refractivity contribution < 1.29 is 9.21 Å². The molecule has 5 nitrogen and oxygen atoms in total. The van der Waals surface area contributed by atoms with Crippen molar-refractivity contribution in [3.63, 3.8) is 0 Å². The fourth-order valence-electron chi connectivity index (χ4n) is 3.90. The smallest absolute Gasteiger partial charge is 0.257 e. The topological polar surface area (TPSA) is 59.2 Å². The van der Waals surface area contributed by atoms with Crippen LogP contribution >= 0.6 is 11.3 Å². The molecule has 128 valence electrons. The van der Waals surface area contributed by atoms with Gasteiger partial charge in [-0.1, -0.05) is 18.9 Å². The summed E-state index contributed by atoms with van der Waals surface area (Å²) < 4.78 is 5.88. The minimum Gasteiger partial charge on any atom is -0.420 e. The fraction of sp³-hybridized carbons (Fsp3) is 0.611. The minimum absolute atomic E-state index is 0.174. The van der Waals surface area contributed by atoms with Crippen LogP contribution in [0.3, 0.4) is 0 Å². The summed E-state index contributed by atoms with van der Waals surface area (Å²) in [6.45, 7) is 1.59. The number of nitrogens with zero attached hydrogens (tertiary/aromatic N) is 3. The number of thiophene rings is 1. The molecule has 24 heavy (non-hydrogen) atoms. The van der Waals surface area contributed by atoms with E-state index in [4.69, 9.17) is 4.42 Å². The molecule has 2 fully saturated rings. The number of carbonyl (C=O) groups excluding carboxylic acids is 1. The summed E-state index contributed by atoms with van der Waals surface area (Å²) in [5.74, 6) is 2.36. The van der Waals surface area contributed by atoms with E-state index in [0.717, 1.165) is 37.2 Å². The summed E-state index contributed by atoms with van der Waals surface area (Å²) in [4.78, 5) is 15.6. The Bertz CT molecular complexity index is 676. The summed E-state index contributed by atoms with van der Waals surface area (Å²) in [6, 6.07) is 3.97. The molecule has 0 aromatic carbocycles. The third kappa shape index (κ3) is 3.38. The fourth-order valence-corrected chi connectivity index (χ4v) is 4.54. The third-order valence-corrected chi connectivity index (χ3v) is 6.09. The molecule has 0 unspecified atom stereocenters. The Balaban J connectivity index is 1.40. The molecule has 1 aliphatic heterocycles. The van der Waals surface area contributed by atoms with E-state index in [2.05, 4.69) is 10.2 Å². The Morgan fingerprint density at radius 3 is 2.92 bits per heavy atom. The average molecular weight is 345 g/mol. The number of aromatic nitrogens is 2. The lowest BCUT2D eigenvalue weighted by atomic mass is 9.96. The molecule has 3 heterocycles. The van der Waals surface area contributed by atoms with Crippen LogP contribution in [0.25, 0.3) is 10.8 Å². The zero-order chi connectivity index (χ0) is 16.4. The molecule has 2 aromatic rings. The van der Waals surface area contributed by atoms with Gasteiger partial charge in [0.15, 0.2) is 0 Å². The predicted molar refractivity (Wildman–Crippen MR) is 92.7 cm³/mol. The molecular weight excluding hydrogens is 322 g/mol. The Morgan fingerprint density at radius 1 is 1.25 bits per heavy atom. The van der Waals surface area contributed by atoms with E-state index in [1.54, 1.807) is 11.3 Å². The first-order chi connectivity index (χ1) is 11.8. The van der Waals surface area contributed by atoms with Crippen molar-refractivity contribution in [2.45, 2.75) is 50.9 Å². The van der Waals surface area contributed by atoms with Crippen molar-refractivity contribution in [2.24, 2.45) is 5.92 Å². The number of likely N-dealkylation sites (tertiary alicyclic amines) is 1. The molecule has 0 bridgehead atoms. The summed E-state index contributed by atoms with van der Waals surface area (Å²) in [7, 11) is 0. The van der Waals surface area contributed by atoms with Gasteiger partial charge < -0.3 is 9.32 Å². The minimum atomic E-state index is 0.174. The molecule has 6 heteroatoms. The average Bonchev–Trinajstić information content (AvgIpc) is 3.36. The monoisotopic (exact) mass is 345 g/mol. The van der Waals surface area contributed by atoms with Crippen LogP contribution in [0.5, 0.6) is 0 Å². The van der Waals surface area contributed by atoms with Gasteiger partial charge in [0.1, 0.15) is 0 Å². The van der Waals surface area contributed by atoms with Crippen LogP contribution in [0.1, 0.15) is 56.8 Å². The van der Waals surface area contributed by atoms with Crippen molar-refractivity contribution in [2.75, 3.05) is 13.1 Å². The lowest BCUT2D eigenvalue weighted by Crippen LogP contribution is -2.39. The van der Waals surface area contributed by atoms with Gasteiger partial charge in [-0.15, -0.1) is 21.5 Å². The second-order valence-corrected chi connectivity index (χ2v) is 7.90. The van der Waals surface area contributed by atoms with E-state index in [9.17, 15) is 4.79 Å². The van der Waals surface area contributed by atoms with Gasteiger partial charge >= 0.3 is 0 Å². The van der Waals surface area contributed by atoms with Gasteiger partial charge in [0, 0.05) is 19.5 Å². The molecule has 1 atom stereocenters. The second kappa shape index (κ2) is 7.05. The molecule has 2 aromatic heterocycles. The predicted octanol–water partition coefficient (Wildman–Crippen LogP) is 4.08. The highest BCUT2D eigenvalue weighted by Crippen LogP contribution is 2.32. The molecule has 1 saturated carbocycles. The Morgan fingerprint density at radius 2 is 2.12 bits per heavy atom. The summed E-state index contributed by atoms with van der Waals surface area (Å²) in [5.41, 5.74) is 0. The van der Waals surface area contributed by atoms with Crippen LogP contribution in [0.15, 0.2) is 21.9 Å². The van der Waals surface area contributed by atoms with Crippen molar-refractivity contribution in [1.29, 1.82) is 0 Å². The molecule has 0 spiro atoms. The second-order valence-electron chi connectivity index (χ2n) is 6.96. The third-order valence-electron chi connectivity index (χ3n) is 5.23. The van der Waals surface area contributed by atoms with Crippen molar-refractivity contribution in [3.05, 3.63) is 23.4 Å². The number of amides is 1. The van der Waals surface area contributed by atoms with E-state index < -0.39 is 0 Å². The maximum Gasteiger partial charge on any atom is 0.257 e. The van der Waals surface area contributed by atoms with Crippen LogP contribution in [-0.4, -0.2) is 34.1 Å². The Kier molecular flexibility index (Phi) is 4.65. The maximum atomic E-state index is 12.6. The maximum absolute atomic E-state index is 12.6. The highest BCUT2D eigenvalue weighted by atomic mass is 32.1. The number of carbonyl (C=O) groups is 1. The zero-order valence-electron chi connectivity index (χ0n) is 13.8. The summed E-state index contributed by atoms with van der Waals surface area (Å²) in [5, 5.41) is 10.4. The standard InChI is InChI=1S/C18H23N3O2S/c22-16(11-13-5-1-2-6-13)21-9-3-7-14(12-21)17-19-20-18(23-17)15-8-4-10-24-15/h4,8,10,13-14H,1-3,5-7,9,11-12H2/t14-/m0/s1. The first kappa shape index (κ1) is 15.8. The summed E-state index contributed by atoms with van der Waals surface area (Å²) in [6.07, 6.45) is 7.75. The van der Waals surface area contributed by atoms with Gasteiger partial charge in [0.05, 0.1) is 10.8 Å². The molecule has 0 N–H and O–H groups in total. The van der Waals surface area contributed by atoms with Gasteiger partial charge in [-0.05, 0) is 43.0 Å². The van der Waals surface area contributed by atoms with Gasteiger partial charge in [0.2, 0.25) is 11.8 Å². The van der Waals surface area contributed by atoms with E-state index >= 15 is 0 Å². The van der Waals surface area contributed by atoms with Gasteiger partial charge in [0.25, 0.3) is 5.89 Å². The normalized spacial score (nSPS) is 22.2. The van der Waals surface area contributed by atoms with E-state index in [-0.39, 0.29) is 5.92 Å². The Labute approximate surface area is 146 Å². The Hall–Kier alpha value is -1.69.